The van der Waals surface area contributed by atoms with Gasteiger partial charge in [-0.15, -0.1) is 0 Å². The normalized spacial score (nSPS) is 17.6. The molecule has 0 saturated carbocycles. The van der Waals surface area contributed by atoms with Crippen molar-refractivity contribution in [1.29, 1.82) is 0 Å². The number of rotatable bonds is 4. The van der Waals surface area contributed by atoms with Gasteiger partial charge in [0.15, 0.2) is 0 Å². The lowest BCUT2D eigenvalue weighted by Gasteiger charge is -2.37. The lowest BCUT2D eigenvalue weighted by Crippen LogP contribution is -2.50. The highest BCUT2D eigenvalue weighted by atomic mass is 79.9. The molecule has 0 unspecified atom stereocenters. The van der Waals surface area contributed by atoms with E-state index in [-0.39, 0.29) is 0 Å². The van der Waals surface area contributed by atoms with Gasteiger partial charge in [-0.05, 0) is 29.8 Å². The Hall–Kier alpha value is -0.720. The van der Waals surface area contributed by atoms with E-state index in [1.165, 1.54) is 0 Å². The zero-order valence-electron chi connectivity index (χ0n) is 12.4. The molecule has 0 amide bonds. The topological polar surface area (TPSA) is 52.5 Å². The van der Waals surface area contributed by atoms with Gasteiger partial charge >= 0.3 is 0 Å². The smallest absolute Gasteiger partial charge is 0.133 e. The molecule has 2 rings (SSSR count). The Bertz CT molecular complexity index is 453. The lowest BCUT2D eigenvalue weighted by molar-refractivity contribution is 0.0344. The van der Waals surface area contributed by atoms with Crippen molar-refractivity contribution in [1.82, 2.24) is 14.9 Å². The maximum atomic E-state index is 9.88. The molecule has 20 heavy (non-hydrogen) atoms. The third-order valence-electron chi connectivity index (χ3n) is 3.35. The van der Waals surface area contributed by atoms with E-state index in [4.69, 9.17) is 0 Å². The van der Waals surface area contributed by atoms with E-state index in [1.807, 2.05) is 19.9 Å². The van der Waals surface area contributed by atoms with E-state index in [0.717, 1.165) is 48.8 Å². The Morgan fingerprint density at radius 3 is 2.45 bits per heavy atom. The van der Waals surface area contributed by atoms with Crippen LogP contribution < -0.4 is 4.90 Å². The standard InChI is InChI=1S/C14H23BrN4O/c1-4-12-16-11(15)9-13(17-12)19-7-5-18(6-8-19)10-14(2,3)20/h9,20H,4-8,10H2,1-3H3. The van der Waals surface area contributed by atoms with Gasteiger partial charge in [-0.2, -0.15) is 0 Å². The molecule has 1 aromatic heterocycles. The summed E-state index contributed by atoms with van der Waals surface area (Å²) in [6, 6.07) is 1.98. The summed E-state index contributed by atoms with van der Waals surface area (Å²) in [4.78, 5) is 13.5. The molecule has 1 saturated heterocycles. The molecule has 1 aliphatic rings. The minimum absolute atomic E-state index is 0.629. The summed E-state index contributed by atoms with van der Waals surface area (Å²) in [6.07, 6.45) is 0.838. The van der Waals surface area contributed by atoms with E-state index in [0.29, 0.717) is 6.54 Å². The maximum absolute atomic E-state index is 9.88. The summed E-state index contributed by atoms with van der Waals surface area (Å²) >= 11 is 3.45. The van der Waals surface area contributed by atoms with Crippen molar-refractivity contribution in [2.75, 3.05) is 37.6 Å². The molecule has 0 radical (unpaired) electrons. The van der Waals surface area contributed by atoms with Crippen LogP contribution in [0.25, 0.3) is 0 Å². The summed E-state index contributed by atoms with van der Waals surface area (Å²) in [5.74, 6) is 1.86. The molecular formula is C14H23BrN4O. The van der Waals surface area contributed by atoms with Crippen molar-refractivity contribution >= 4 is 21.7 Å². The predicted octanol–water partition coefficient (Wildman–Crippen LogP) is 1.69. The first kappa shape index (κ1) is 15.7. The number of nitrogens with zero attached hydrogens (tertiary/aromatic N) is 4. The van der Waals surface area contributed by atoms with Gasteiger partial charge in [0.05, 0.1) is 5.60 Å². The van der Waals surface area contributed by atoms with Crippen LogP contribution >= 0.6 is 15.9 Å². The minimum Gasteiger partial charge on any atom is -0.389 e. The van der Waals surface area contributed by atoms with Gasteiger partial charge in [0.2, 0.25) is 0 Å². The largest absolute Gasteiger partial charge is 0.389 e. The van der Waals surface area contributed by atoms with Crippen LogP contribution in [0.2, 0.25) is 0 Å². The van der Waals surface area contributed by atoms with Crippen LogP contribution in [-0.2, 0) is 6.42 Å². The van der Waals surface area contributed by atoms with Crippen LogP contribution in [0, 0.1) is 0 Å². The van der Waals surface area contributed by atoms with Gasteiger partial charge in [0.25, 0.3) is 0 Å². The molecule has 6 heteroatoms. The molecular weight excluding hydrogens is 320 g/mol. The Kier molecular flexibility index (Phi) is 4.99. The molecule has 0 spiro atoms. The van der Waals surface area contributed by atoms with Crippen molar-refractivity contribution in [3.8, 4) is 0 Å². The average molecular weight is 343 g/mol. The van der Waals surface area contributed by atoms with Gasteiger partial charge in [-0.3, -0.25) is 4.90 Å². The monoisotopic (exact) mass is 342 g/mol. The van der Waals surface area contributed by atoms with Crippen molar-refractivity contribution in [2.24, 2.45) is 0 Å². The second kappa shape index (κ2) is 6.37. The van der Waals surface area contributed by atoms with Gasteiger partial charge < -0.3 is 10.0 Å². The minimum atomic E-state index is -0.629. The third kappa shape index (κ3) is 4.40. The summed E-state index contributed by atoms with van der Waals surface area (Å²) in [5, 5.41) is 9.88. The van der Waals surface area contributed by atoms with E-state index in [1.54, 1.807) is 0 Å². The van der Waals surface area contributed by atoms with Gasteiger partial charge in [0.1, 0.15) is 16.2 Å². The zero-order valence-corrected chi connectivity index (χ0v) is 14.0. The molecule has 0 aromatic carbocycles. The van der Waals surface area contributed by atoms with E-state index >= 15 is 0 Å². The fraction of sp³-hybridized carbons (Fsp3) is 0.714. The predicted molar refractivity (Wildman–Crippen MR) is 84.1 cm³/mol. The summed E-state index contributed by atoms with van der Waals surface area (Å²) < 4.78 is 0.846. The van der Waals surface area contributed by atoms with Crippen molar-refractivity contribution < 1.29 is 5.11 Å². The molecule has 2 heterocycles. The maximum Gasteiger partial charge on any atom is 0.133 e. The Morgan fingerprint density at radius 2 is 1.90 bits per heavy atom. The number of piperazine rings is 1. The lowest BCUT2D eigenvalue weighted by atomic mass is 10.1. The van der Waals surface area contributed by atoms with Crippen LogP contribution in [0.3, 0.4) is 0 Å². The Labute approximate surface area is 129 Å². The molecule has 1 aromatic rings. The first-order valence-electron chi connectivity index (χ1n) is 7.10. The molecule has 0 aliphatic carbocycles. The highest BCUT2D eigenvalue weighted by Crippen LogP contribution is 2.19. The molecule has 5 nitrogen and oxygen atoms in total. The van der Waals surface area contributed by atoms with E-state index in [2.05, 4.69) is 42.6 Å². The number of aliphatic hydroxyl groups is 1. The fourth-order valence-corrected chi connectivity index (χ4v) is 2.86. The summed E-state index contributed by atoms with van der Waals surface area (Å²) in [6.45, 7) is 10.3. The molecule has 1 fully saturated rings. The third-order valence-corrected chi connectivity index (χ3v) is 3.76. The van der Waals surface area contributed by atoms with Gasteiger partial charge in [-0.1, -0.05) is 6.92 Å². The highest BCUT2D eigenvalue weighted by Gasteiger charge is 2.23. The molecule has 112 valence electrons. The number of β-amino-alcohol motifs (C(OH)–C–C–N with tert-alkyl or cyclic N) is 1. The highest BCUT2D eigenvalue weighted by molar-refractivity contribution is 9.10. The summed E-state index contributed by atoms with van der Waals surface area (Å²) in [7, 11) is 0. The SMILES string of the molecule is CCc1nc(Br)cc(N2CCN(CC(C)(C)O)CC2)n1. The zero-order chi connectivity index (χ0) is 14.8. The summed E-state index contributed by atoms with van der Waals surface area (Å²) in [5.41, 5.74) is -0.629. The van der Waals surface area contributed by atoms with Crippen LogP contribution in [0.5, 0.6) is 0 Å². The van der Waals surface area contributed by atoms with Crippen LogP contribution in [0.15, 0.2) is 10.7 Å². The fourth-order valence-electron chi connectivity index (χ4n) is 2.45. The molecule has 0 bridgehead atoms. The number of hydrogen-bond donors (Lipinski definition) is 1. The molecule has 0 atom stereocenters. The van der Waals surface area contributed by atoms with Gasteiger partial charge in [0, 0.05) is 45.2 Å². The number of aromatic nitrogens is 2. The van der Waals surface area contributed by atoms with Gasteiger partial charge in [-0.25, -0.2) is 9.97 Å². The first-order valence-corrected chi connectivity index (χ1v) is 7.90. The van der Waals surface area contributed by atoms with E-state index < -0.39 is 5.60 Å². The van der Waals surface area contributed by atoms with Crippen LogP contribution in [0.1, 0.15) is 26.6 Å². The van der Waals surface area contributed by atoms with E-state index in [9.17, 15) is 5.11 Å². The number of aryl methyl sites for hydroxylation is 1. The van der Waals surface area contributed by atoms with Crippen molar-refractivity contribution in [2.45, 2.75) is 32.8 Å². The Balaban J connectivity index is 1.98. The van der Waals surface area contributed by atoms with Crippen molar-refractivity contribution in [3.63, 3.8) is 0 Å². The quantitative estimate of drug-likeness (QED) is 0.844. The number of anilines is 1. The number of halogens is 1. The van der Waals surface area contributed by atoms with Crippen LogP contribution in [-0.4, -0.2) is 58.3 Å². The average Bonchev–Trinajstić information content (AvgIpc) is 2.37. The number of hydrogen-bond acceptors (Lipinski definition) is 5. The van der Waals surface area contributed by atoms with Crippen molar-refractivity contribution in [3.05, 3.63) is 16.5 Å². The second-order valence-corrected chi connectivity index (χ2v) is 6.71. The van der Waals surface area contributed by atoms with Crippen LogP contribution in [0.4, 0.5) is 5.82 Å². The second-order valence-electron chi connectivity index (χ2n) is 5.89. The molecule has 1 aliphatic heterocycles. The first-order chi connectivity index (χ1) is 9.37. The molecule has 1 N–H and O–H groups in total. The Morgan fingerprint density at radius 1 is 1.25 bits per heavy atom.